The van der Waals surface area contributed by atoms with E-state index in [4.69, 9.17) is 0 Å². The van der Waals surface area contributed by atoms with Crippen LogP contribution in [0, 0.1) is 5.92 Å². The number of hydrogen-bond donors (Lipinski definition) is 2. The number of anilines is 1. The summed E-state index contributed by atoms with van der Waals surface area (Å²) < 4.78 is 0. The molecule has 1 fully saturated rings. The SMILES string of the molecule is CC(CNC(=O)C(=O)Nc1cccc2cccnc12)CN1CCCCC1. The molecule has 1 aliphatic rings. The Balaban J connectivity index is 1.50. The van der Waals surface area contributed by atoms with Gasteiger partial charge in [0.25, 0.3) is 0 Å². The first-order chi connectivity index (χ1) is 12.6. The van der Waals surface area contributed by atoms with Crippen molar-refractivity contribution in [2.45, 2.75) is 26.2 Å². The minimum atomic E-state index is -0.659. The number of carbonyl (C=O) groups is 2. The predicted octanol–water partition coefficient (Wildman–Crippen LogP) is 2.41. The van der Waals surface area contributed by atoms with Gasteiger partial charge in [-0.2, -0.15) is 0 Å². The Hall–Kier alpha value is -2.47. The smallest absolute Gasteiger partial charge is 0.313 e. The van der Waals surface area contributed by atoms with Crippen LogP contribution >= 0.6 is 0 Å². The van der Waals surface area contributed by atoms with E-state index in [1.807, 2.05) is 24.3 Å². The number of fused-ring (bicyclic) bond motifs is 1. The summed E-state index contributed by atoms with van der Waals surface area (Å²) in [4.78, 5) is 31.0. The third-order valence-electron chi connectivity index (χ3n) is 4.72. The molecule has 1 saturated heterocycles. The Bertz CT molecular complexity index is 766. The summed E-state index contributed by atoms with van der Waals surface area (Å²) in [5.41, 5.74) is 1.22. The van der Waals surface area contributed by atoms with Crippen molar-refractivity contribution in [3.63, 3.8) is 0 Å². The van der Waals surface area contributed by atoms with E-state index in [0.29, 0.717) is 23.7 Å². The number of carbonyl (C=O) groups excluding carboxylic acids is 2. The molecule has 1 aliphatic heterocycles. The molecular formula is C20H26N4O2. The molecule has 1 atom stereocenters. The lowest BCUT2D eigenvalue weighted by atomic mass is 10.1. The molecular weight excluding hydrogens is 328 g/mol. The molecule has 0 radical (unpaired) electrons. The quantitative estimate of drug-likeness (QED) is 0.809. The number of rotatable bonds is 5. The first kappa shape index (κ1) is 18.3. The normalized spacial score (nSPS) is 16.2. The van der Waals surface area contributed by atoms with Crippen LogP contribution in [0.25, 0.3) is 10.9 Å². The minimum Gasteiger partial charge on any atom is -0.348 e. The summed E-state index contributed by atoms with van der Waals surface area (Å²) >= 11 is 0. The lowest BCUT2D eigenvalue weighted by Crippen LogP contribution is -2.41. The van der Waals surface area contributed by atoms with Gasteiger partial charge in [0.15, 0.2) is 0 Å². The van der Waals surface area contributed by atoms with Crippen LogP contribution in [0.3, 0.4) is 0 Å². The minimum absolute atomic E-state index is 0.309. The fourth-order valence-corrected chi connectivity index (χ4v) is 3.38. The second kappa shape index (κ2) is 8.76. The van der Waals surface area contributed by atoms with Gasteiger partial charge in [-0.25, -0.2) is 0 Å². The molecule has 6 nitrogen and oxygen atoms in total. The molecule has 0 aliphatic carbocycles. The second-order valence-electron chi connectivity index (χ2n) is 7.01. The zero-order chi connectivity index (χ0) is 18.4. The predicted molar refractivity (Wildman–Crippen MR) is 103 cm³/mol. The summed E-state index contributed by atoms with van der Waals surface area (Å²) in [6, 6.07) is 9.25. The number of nitrogens with zero attached hydrogens (tertiary/aromatic N) is 2. The maximum absolute atomic E-state index is 12.2. The number of hydrogen-bond acceptors (Lipinski definition) is 4. The van der Waals surface area contributed by atoms with E-state index in [1.165, 1.54) is 19.3 Å². The van der Waals surface area contributed by atoms with Crippen molar-refractivity contribution in [2.75, 3.05) is 31.5 Å². The van der Waals surface area contributed by atoms with Gasteiger partial charge in [-0.15, -0.1) is 0 Å². The monoisotopic (exact) mass is 354 g/mol. The number of piperidine rings is 1. The van der Waals surface area contributed by atoms with E-state index >= 15 is 0 Å². The highest BCUT2D eigenvalue weighted by molar-refractivity contribution is 6.40. The van der Waals surface area contributed by atoms with E-state index in [2.05, 4.69) is 27.4 Å². The standard InChI is InChI=1S/C20H26N4O2/c1-15(14-24-11-3-2-4-12-24)13-22-19(25)20(26)23-17-9-5-7-16-8-6-10-21-18(16)17/h5-10,15H,2-4,11-14H2,1H3,(H,22,25)(H,23,26). The molecule has 2 aromatic rings. The summed E-state index contributed by atoms with van der Waals surface area (Å²) in [5, 5.41) is 6.33. The van der Waals surface area contributed by atoms with Crippen LogP contribution < -0.4 is 10.6 Å². The average molecular weight is 354 g/mol. The van der Waals surface area contributed by atoms with Gasteiger partial charge in [-0.3, -0.25) is 14.6 Å². The molecule has 1 unspecified atom stereocenters. The fourth-order valence-electron chi connectivity index (χ4n) is 3.38. The van der Waals surface area contributed by atoms with Gasteiger partial charge in [0.05, 0.1) is 11.2 Å². The fraction of sp³-hybridized carbons (Fsp3) is 0.450. The summed E-state index contributed by atoms with van der Waals surface area (Å²) in [5.74, 6) is -0.958. The highest BCUT2D eigenvalue weighted by Crippen LogP contribution is 2.20. The molecule has 6 heteroatoms. The first-order valence-corrected chi connectivity index (χ1v) is 9.29. The molecule has 26 heavy (non-hydrogen) atoms. The van der Waals surface area contributed by atoms with Gasteiger partial charge in [0.1, 0.15) is 0 Å². The zero-order valence-corrected chi connectivity index (χ0v) is 15.2. The Morgan fingerprint density at radius 1 is 1.12 bits per heavy atom. The molecule has 1 aromatic heterocycles. The van der Waals surface area contributed by atoms with E-state index in [-0.39, 0.29) is 0 Å². The molecule has 0 bridgehead atoms. The maximum atomic E-state index is 12.2. The average Bonchev–Trinajstić information content (AvgIpc) is 2.67. The van der Waals surface area contributed by atoms with Crippen molar-refractivity contribution in [3.05, 3.63) is 36.5 Å². The van der Waals surface area contributed by atoms with E-state index in [9.17, 15) is 9.59 Å². The van der Waals surface area contributed by atoms with Crippen molar-refractivity contribution in [1.29, 1.82) is 0 Å². The number of para-hydroxylation sites is 1. The number of aromatic nitrogens is 1. The van der Waals surface area contributed by atoms with Gasteiger partial charge in [0.2, 0.25) is 0 Å². The van der Waals surface area contributed by atoms with Crippen molar-refractivity contribution < 1.29 is 9.59 Å². The van der Waals surface area contributed by atoms with Crippen molar-refractivity contribution >= 4 is 28.4 Å². The maximum Gasteiger partial charge on any atom is 0.313 e. The van der Waals surface area contributed by atoms with Crippen LogP contribution in [0.1, 0.15) is 26.2 Å². The molecule has 0 saturated carbocycles. The number of nitrogens with one attached hydrogen (secondary N) is 2. The van der Waals surface area contributed by atoms with Crippen LogP contribution in [0.15, 0.2) is 36.5 Å². The van der Waals surface area contributed by atoms with E-state index in [0.717, 1.165) is 25.0 Å². The van der Waals surface area contributed by atoms with Crippen LogP contribution in [0.5, 0.6) is 0 Å². The van der Waals surface area contributed by atoms with Gasteiger partial charge in [0, 0.05) is 24.7 Å². The van der Waals surface area contributed by atoms with Crippen LogP contribution in [-0.2, 0) is 9.59 Å². The number of likely N-dealkylation sites (tertiary alicyclic amines) is 1. The highest BCUT2D eigenvalue weighted by atomic mass is 16.2. The molecule has 1 aromatic carbocycles. The van der Waals surface area contributed by atoms with Gasteiger partial charge < -0.3 is 15.5 Å². The van der Waals surface area contributed by atoms with E-state index < -0.39 is 11.8 Å². The molecule has 0 spiro atoms. The number of pyridine rings is 1. The Kier molecular flexibility index (Phi) is 6.17. The molecule has 2 heterocycles. The largest absolute Gasteiger partial charge is 0.348 e. The molecule has 2 amide bonds. The summed E-state index contributed by atoms with van der Waals surface area (Å²) in [7, 11) is 0. The van der Waals surface area contributed by atoms with Crippen molar-refractivity contribution in [2.24, 2.45) is 5.92 Å². The van der Waals surface area contributed by atoms with Crippen LogP contribution in [0.2, 0.25) is 0 Å². The van der Waals surface area contributed by atoms with Gasteiger partial charge in [-0.1, -0.05) is 31.5 Å². The highest BCUT2D eigenvalue weighted by Gasteiger charge is 2.18. The van der Waals surface area contributed by atoms with Crippen molar-refractivity contribution in [3.8, 4) is 0 Å². The number of benzene rings is 1. The van der Waals surface area contributed by atoms with Crippen LogP contribution in [-0.4, -0.2) is 47.9 Å². The Morgan fingerprint density at radius 3 is 2.69 bits per heavy atom. The molecule has 138 valence electrons. The Morgan fingerprint density at radius 2 is 1.88 bits per heavy atom. The summed E-state index contributed by atoms with van der Waals surface area (Å²) in [6.07, 6.45) is 5.48. The third kappa shape index (κ3) is 4.79. The molecule has 2 N–H and O–H groups in total. The number of amides is 2. The van der Waals surface area contributed by atoms with Crippen molar-refractivity contribution in [1.82, 2.24) is 15.2 Å². The topological polar surface area (TPSA) is 74.3 Å². The van der Waals surface area contributed by atoms with E-state index in [1.54, 1.807) is 12.3 Å². The van der Waals surface area contributed by atoms with Gasteiger partial charge in [-0.05, 0) is 44.0 Å². The van der Waals surface area contributed by atoms with Gasteiger partial charge >= 0.3 is 11.8 Å². The second-order valence-corrected chi connectivity index (χ2v) is 7.01. The summed E-state index contributed by atoms with van der Waals surface area (Å²) in [6.45, 7) is 5.81. The zero-order valence-electron chi connectivity index (χ0n) is 15.2. The Labute approximate surface area is 154 Å². The first-order valence-electron chi connectivity index (χ1n) is 9.29. The van der Waals surface area contributed by atoms with Crippen LogP contribution in [0.4, 0.5) is 5.69 Å². The third-order valence-corrected chi connectivity index (χ3v) is 4.72. The lowest BCUT2D eigenvalue weighted by molar-refractivity contribution is -0.136. The molecule has 3 rings (SSSR count). The lowest BCUT2D eigenvalue weighted by Gasteiger charge is -2.29.